The zero-order chi connectivity index (χ0) is 13.9. The van der Waals surface area contributed by atoms with Crippen LogP contribution < -0.4 is 5.32 Å². The summed E-state index contributed by atoms with van der Waals surface area (Å²) in [5, 5.41) is 3.17. The predicted octanol–water partition coefficient (Wildman–Crippen LogP) is 4.13. The summed E-state index contributed by atoms with van der Waals surface area (Å²) in [5.74, 6) is -0.0415. The van der Waals surface area contributed by atoms with E-state index in [1.54, 1.807) is 0 Å². The Kier molecular flexibility index (Phi) is 3.79. The average molecular weight is 273 g/mol. The van der Waals surface area contributed by atoms with Crippen LogP contribution in [0.25, 0.3) is 0 Å². The summed E-state index contributed by atoms with van der Waals surface area (Å²) in [7, 11) is 0. The highest BCUT2D eigenvalue weighted by molar-refractivity contribution is 5.29. The highest BCUT2D eigenvalue weighted by Gasteiger charge is 2.23. The molecule has 20 heavy (non-hydrogen) atoms. The summed E-state index contributed by atoms with van der Waals surface area (Å²) >= 11 is 0. The van der Waals surface area contributed by atoms with E-state index in [2.05, 4.69) is 29.6 Å². The van der Waals surface area contributed by atoms with Crippen LogP contribution in [0.1, 0.15) is 35.4 Å². The van der Waals surface area contributed by atoms with E-state index in [-0.39, 0.29) is 5.82 Å². The molecule has 0 aromatic heterocycles. The molecule has 0 saturated heterocycles. The number of rotatable bonds is 5. The second kappa shape index (κ2) is 5.71. The van der Waals surface area contributed by atoms with Gasteiger partial charge in [-0.25, -0.2) is 8.78 Å². The second-order valence-corrected chi connectivity index (χ2v) is 5.36. The van der Waals surface area contributed by atoms with E-state index >= 15 is 0 Å². The molecule has 0 radical (unpaired) electrons. The Balaban J connectivity index is 1.59. The van der Waals surface area contributed by atoms with Crippen LogP contribution in [0.5, 0.6) is 0 Å². The zero-order valence-corrected chi connectivity index (χ0v) is 11.2. The Morgan fingerprint density at radius 3 is 2.65 bits per heavy atom. The Bertz CT molecular complexity index is 606. The van der Waals surface area contributed by atoms with Crippen LogP contribution >= 0.6 is 0 Å². The first-order chi connectivity index (χ1) is 9.72. The van der Waals surface area contributed by atoms with Crippen molar-refractivity contribution in [1.82, 2.24) is 5.32 Å². The van der Waals surface area contributed by atoms with Gasteiger partial charge in [-0.1, -0.05) is 24.3 Å². The maximum Gasteiger partial charge on any atom is 0.127 e. The van der Waals surface area contributed by atoms with Crippen molar-refractivity contribution in [1.29, 1.82) is 0 Å². The van der Waals surface area contributed by atoms with E-state index in [1.165, 1.54) is 36.1 Å². The Hall–Kier alpha value is -1.74. The third-order valence-corrected chi connectivity index (χ3v) is 3.65. The van der Waals surface area contributed by atoms with Crippen molar-refractivity contribution >= 4 is 0 Å². The number of hydrogen-bond acceptors (Lipinski definition) is 1. The standard InChI is InChI=1S/C17H17F2N/c18-16-6-7-17(19)15(9-16)11-20-10-12-2-1-3-14(8-12)13-4-5-13/h1-3,6-9,13,20H,4-5,10-11H2. The van der Waals surface area contributed by atoms with Crippen LogP contribution in [0.3, 0.4) is 0 Å². The SMILES string of the molecule is Fc1ccc(F)c(CNCc2cccc(C3CC3)c2)c1. The minimum Gasteiger partial charge on any atom is -0.309 e. The van der Waals surface area contributed by atoms with Gasteiger partial charge < -0.3 is 5.32 Å². The van der Waals surface area contributed by atoms with Crippen molar-refractivity contribution in [3.63, 3.8) is 0 Å². The first-order valence-electron chi connectivity index (χ1n) is 6.96. The van der Waals surface area contributed by atoms with E-state index < -0.39 is 5.82 Å². The van der Waals surface area contributed by atoms with Gasteiger partial charge in [0.05, 0.1) is 0 Å². The summed E-state index contributed by atoms with van der Waals surface area (Å²) in [5.41, 5.74) is 2.94. The highest BCUT2D eigenvalue weighted by Crippen LogP contribution is 2.40. The van der Waals surface area contributed by atoms with Gasteiger partial charge in [0, 0.05) is 18.7 Å². The van der Waals surface area contributed by atoms with E-state index in [1.807, 2.05) is 0 Å². The lowest BCUT2D eigenvalue weighted by atomic mass is 10.1. The molecule has 0 heterocycles. The molecule has 1 aliphatic carbocycles. The smallest absolute Gasteiger partial charge is 0.127 e. The fourth-order valence-electron chi connectivity index (χ4n) is 2.39. The van der Waals surface area contributed by atoms with E-state index in [9.17, 15) is 8.78 Å². The second-order valence-electron chi connectivity index (χ2n) is 5.36. The highest BCUT2D eigenvalue weighted by atomic mass is 19.1. The van der Waals surface area contributed by atoms with Gasteiger partial charge in [-0.3, -0.25) is 0 Å². The molecule has 3 rings (SSSR count). The van der Waals surface area contributed by atoms with Crippen LogP contribution in [0.15, 0.2) is 42.5 Å². The quantitative estimate of drug-likeness (QED) is 0.863. The largest absolute Gasteiger partial charge is 0.309 e. The molecule has 1 fully saturated rings. The van der Waals surface area contributed by atoms with Crippen LogP contribution in [0.4, 0.5) is 8.78 Å². The van der Waals surface area contributed by atoms with Crippen molar-refractivity contribution in [2.75, 3.05) is 0 Å². The van der Waals surface area contributed by atoms with Crippen LogP contribution in [-0.4, -0.2) is 0 Å². The van der Waals surface area contributed by atoms with Gasteiger partial charge in [0.2, 0.25) is 0 Å². The molecule has 2 aromatic rings. The van der Waals surface area contributed by atoms with Gasteiger partial charge in [0.25, 0.3) is 0 Å². The zero-order valence-electron chi connectivity index (χ0n) is 11.2. The van der Waals surface area contributed by atoms with Crippen molar-refractivity contribution < 1.29 is 8.78 Å². The summed E-state index contributed by atoms with van der Waals surface area (Å²) < 4.78 is 26.5. The van der Waals surface area contributed by atoms with Gasteiger partial charge in [-0.2, -0.15) is 0 Å². The third-order valence-electron chi connectivity index (χ3n) is 3.65. The fourth-order valence-corrected chi connectivity index (χ4v) is 2.39. The van der Waals surface area contributed by atoms with Crippen molar-refractivity contribution in [2.24, 2.45) is 0 Å². The van der Waals surface area contributed by atoms with Gasteiger partial charge in [0.15, 0.2) is 0 Å². The van der Waals surface area contributed by atoms with Crippen molar-refractivity contribution in [3.05, 3.63) is 70.8 Å². The summed E-state index contributed by atoms with van der Waals surface area (Å²) in [6.45, 7) is 0.994. The van der Waals surface area contributed by atoms with Gasteiger partial charge >= 0.3 is 0 Å². The summed E-state index contributed by atoms with van der Waals surface area (Å²) in [6, 6.07) is 12.0. The third kappa shape index (κ3) is 3.23. The minimum absolute atomic E-state index is 0.331. The average Bonchev–Trinajstić information content (AvgIpc) is 3.28. The molecule has 0 unspecified atom stereocenters. The minimum atomic E-state index is -0.404. The molecule has 1 aliphatic rings. The lowest BCUT2D eigenvalue weighted by Gasteiger charge is -2.08. The Morgan fingerprint density at radius 1 is 1.00 bits per heavy atom. The molecular weight excluding hydrogens is 256 g/mol. The Morgan fingerprint density at radius 2 is 1.85 bits per heavy atom. The summed E-state index contributed by atoms with van der Waals surface area (Å²) in [4.78, 5) is 0. The molecule has 0 atom stereocenters. The maximum atomic E-state index is 13.5. The first-order valence-corrected chi connectivity index (χ1v) is 6.96. The predicted molar refractivity (Wildman–Crippen MR) is 75.3 cm³/mol. The lowest BCUT2D eigenvalue weighted by Crippen LogP contribution is -2.14. The van der Waals surface area contributed by atoms with Gasteiger partial charge in [-0.15, -0.1) is 0 Å². The van der Waals surface area contributed by atoms with Crippen molar-refractivity contribution in [3.8, 4) is 0 Å². The molecule has 104 valence electrons. The molecule has 2 aromatic carbocycles. The number of hydrogen-bond donors (Lipinski definition) is 1. The lowest BCUT2D eigenvalue weighted by molar-refractivity contribution is 0.568. The molecule has 0 aliphatic heterocycles. The van der Waals surface area contributed by atoms with Gasteiger partial charge in [-0.05, 0) is 48.1 Å². The molecule has 1 N–H and O–H groups in total. The van der Waals surface area contributed by atoms with Crippen LogP contribution in [-0.2, 0) is 13.1 Å². The van der Waals surface area contributed by atoms with Crippen molar-refractivity contribution in [2.45, 2.75) is 31.8 Å². The molecule has 0 spiro atoms. The summed E-state index contributed by atoms with van der Waals surface area (Å²) in [6.07, 6.45) is 2.57. The monoisotopic (exact) mass is 273 g/mol. The first kappa shape index (κ1) is 13.3. The van der Waals surface area contributed by atoms with Crippen LogP contribution in [0.2, 0.25) is 0 Å². The topological polar surface area (TPSA) is 12.0 Å². The van der Waals surface area contributed by atoms with Crippen LogP contribution in [0, 0.1) is 11.6 Å². The maximum absolute atomic E-state index is 13.5. The molecule has 3 heteroatoms. The molecule has 0 bridgehead atoms. The van der Waals surface area contributed by atoms with Gasteiger partial charge in [0.1, 0.15) is 11.6 Å². The molecule has 1 nitrogen and oxygen atoms in total. The molecule has 1 saturated carbocycles. The van der Waals surface area contributed by atoms with E-state index in [0.29, 0.717) is 18.7 Å². The number of halogens is 2. The van der Waals surface area contributed by atoms with E-state index in [0.717, 1.165) is 12.0 Å². The molecule has 0 amide bonds. The number of nitrogens with one attached hydrogen (secondary N) is 1. The fraction of sp³-hybridized carbons (Fsp3) is 0.294. The Labute approximate surface area is 117 Å². The van der Waals surface area contributed by atoms with E-state index in [4.69, 9.17) is 0 Å². The number of benzene rings is 2. The molecular formula is C17H17F2N. The normalized spacial score (nSPS) is 14.5.